The van der Waals surface area contributed by atoms with Gasteiger partial charge >= 0.3 is 0 Å². The molecule has 160 valence electrons. The van der Waals surface area contributed by atoms with Gasteiger partial charge in [-0.2, -0.15) is 0 Å². The predicted molar refractivity (Wildman–Crippen MR) is 122 cm³/mol. The highest BCUT2D eigenvalue weighted by Crippen LogP contribution is 2.44. The summed E-state index contributed by atoms with van der Waals surface area (Å²) < 4.78 is 6.32. The number of aromatic amines is 1. The Morgan fingerprint density at radius 3 is 2.69 bits per heavy atom. The van der Waals surface area contributed by atoms with Crippen LogP contribution in [-0.4, -0.2) is 23.7 Å². The number of hydrogen-bond donors (Lipinski definition) is 2. The minimum absolute atomic E-state index is 0.123. The van der Waals surface area contributed by atoms with E-state index in [2.05, 4.69) is 31.1 Å². The van der Waals surface area contributed by atoms with Crippen molar-refractivity contribution >= 4 is 22.4 Å². The molecule has 0 bridgehead atoms. The van der Waals surface area contributed by atoms with Crippen molar-refractivity contribution in [3.8, 4) is 5.75 Å². The van der Waals surface area contributed by atoms with E-state index in [4.69, 9.17) is 16.3 Å². The van der Waals surface area contributed by atoms with E-state index in [9.17, 15) is 4.79 Å². The molecule has 0 aliphatic heterocycles. The molecule has 1 heterocycles. The van der Waals surface area contributed by atoms with E-state index in [0.717, 1.165) is 24.8 Å². The summed E-state index contributed by atoms with van der Waals surface area (Å²) in [7, 11) is 0. The molecule has 0 amide bonds. The fourth-order valence-electron chi connectivity index (χ4n) is 4.94. The summed E-state index contributed by atoms with van der Waals surface area (Å²) in [4.78, 5) is 14.7. The standard InChI is InChI=1S/C24H35ClN2O2/c1-4-7-13-26-22(5-2)24(6-3)11-8-18(9-12-24)29-21-15-17-10-14-27-23(28)19(17)16-20(21)25/h10,14-16,18,22,26H,4-9,11-13H2,1-3H3,(H,27,28)/t18-,22-,24-/m1/s1. The topological polar surface area (TPSA) is 54.1 Å². The van der Waals surface area contributed by atoms with Gasteiger partial charge in [0.15, 0.2) is 0 Å². The van der Waals surface area contributed by atoms with E-state index in [1.165, 1.54) is 38.5 Å². The molecule has 1 aliphatic carbocycles. The molecule has 0 spiro atoms. The van der Waals surface area contributed by atoms with Crippen molar-refractivity contribution in [1.82, 2.24) is 10.3 Å². The second kappa shape index (κ2) is 9.99. The van der Waals surface area contributed by atoms with Crippen molar-refractivity contribution in [2.24, 2.45) is 5.41 Å². The average Bonchev–Trinajstić information content (AvgIpc) is 2.73. The number of pyridine rings is 1. The fourth-order valence-corrected chi connectivity index (χ4v) is 5.15. The van der Waals surface area contributed by atoms with Crippen LogP contribution in [0.25, 0.3) is 10.8 Å². The lowest BCUT2D eigenvalue weighted by Crippen LogP contribution is -2.48. The van der Waals surface area contributed by atoms with Gasteiger partial charge in [-0.15, -0.1) is 0 Å². The zero-order valence-corrected chi connectivity index (χ0v) is 18.8. The van der Waals surface area contributed by atoms with Crippen molar-refractivity contribution < 1.29 is 4.74 Å². The maximum Gasteiger partial charge on any atom is 0.255 e. The summed E-state index contributed by atoms with van der Waals surface area (Å²) >= 11 is 6.43. The molecule has 2 aromatic rings. The Bertz CT molecular complexity index is 856. The zero-order chi connectivity index (χ0) is 20.9. The maximum atomic E-state index is 12.0. The summed E-state index contributed by atoms with van der Waals surface area (Å²) in [6.07, 6.45) is 11.1. The number of ether oxygens (including phenoxy) is 1. The SMILES string of the molecule is CCCCN[C@H](CC)[C@]1(CC)CC[C@@H](Oc2cc3cc[nH]c(=O)c3cc2Cl)CC1. The highest BCUT2D eigenvalue weighted by atomic mass is 35.5. The van der Waals surface area contributed by atoms with E-state index in [1.807, 2.05) is 12.1 Å². The molecule has 1 fully saturated rings. The van der Waals surface area contributed by atoms with E-state index in [-0.39, 0.29) is 11.7 Å². The number of halogens is 1. The second-order valence-corrected chi connectivity index (χ2v) is 8.89. The number of hydrogen-bond acceptors (Lipinski definition) is 3. The van der Waals surface area contributed by atoms with Crippen molar-refractivity contribution in [3.63, 3.8) is 0 Å². The first-order valence-electron chi connectivity index (χ1n) is 11.2. The zero-order valence-electron chi connectivity index (χ0n) is 18.0. The van der Waals surface area contributed by atoms with Crippen LogP contribution in [0.5, 0.6) is 5.75 Å². The Balaban J connectivity index is 1.68. The number of nitrogens with one attached hydrogen (secondary N) is 2. The molecule has 3 rings (SSSR count). The van der Waals surface area contributed by atoms with Gasteiger partial charge in [-0.25, -0.2) is 0 Å². The second-order valence-electron chi connectivity index (χ2n) is 8.48. The lowest BCUT2D eigenvalue weighted by Gasteiger charge is -2.45. The van der Waals surface area contributed by atoms with Crippen molar-refractivity contribution in [2.75, 3.05) is 6.54 Å². The Labute approximate surface area is 179 Å². The minimum Gasteiger partial charge on any atom is -0.489 e. The summed E-state index contributed by atoms with van der Waals surface area (Å²) in [6, 6.07) is 6.08. The number of benzene rings is 1. The van der Waals surface area contributed by atoms with Crippen LogP contribution >= 0.6 is 11.6 Å². The number of H-pyrrole nitrogens is 1. The van der Waals surface area contributed by atoms with Gasteiger partial charge in [0, 0.05) is 17.6 Å². The number of aromatic nitrogens is 1. The van der Waals surface area contributed by atoms with Crippen LogP contribution < -0.4 is 15.6 Å². The third-order valence-corrected chi connectivity index (χ3v) is 7.12. The van der Waals surface area contributed by atoms with Gasteiger partial charge in [-0.3, -0.25) is 4.79 Å². The third kappa shape index (κ3) is 4.97. The van der Waals surface area contributed by atoms with Gasteiger partial charge < -0.3 is 15.0 Å². The van der Waals surface area contributed by atoms with Crippen molar-refractivity contribution in [2.45, 2.75) is 84.3 Å². The summed E-state index contributed by atoms with van der Waals surface area (Å²) in [5, 5.41) is 5.80. The Kier molecular flexibility index (Phi) is 7.64. The van der Waals surface area contributed by atoms with Crippen molar-refractivity contribution in [1.29, 1.82) is 0 Å². The summed E-state index contributed by atoms with van der Waals surface area (Å²) in [5.74, 6) is 0.687. The average molecular weight is 419 g/mol. The maximum absolute atomic E-state index is 12.0. The molecular weight excluding hydrogens is 384 g/mol. The molecule has 0 saturated heterocycles. The predicted octanol–water partition coefficient (Wildman–Crippen LogP) is 6.07. The molecular formula is C24H35ClN2O2. The van der Waals surface area contributed by atoms with Gasteiger partial charge in [0.2, 0.25) is 0 Å². The van der Waals surface area contributed by atoms with Gasteiger partial charge in [-0.1, -0.05) is 38.8 Å². The van der Waals surface area contributed by atoms with E-state index in [0.29, 0.717) is 27.6 Å². The molecule has 1 aromatic carbocycles. The van der Waals surface area contributed by atoms with E-state index < -0.39 is 0 Å². The molecule has 0 unspecified atom stereocenters. The Morgan fingerprint density at radius 1 is 1.28 bits per heavy atom. The molecule has 1 aliphatic rings. The molecule has 5 heteroatoms. The lowest BCUT2D eigenvalue weighted by atomic mass is 9.66. The van der Waals surface area contributed by atoms with Crippen LogP contribution in [0.2, 0.25) is 5.02 Å². The molecule has 29 heavy (non-hydrogen) atoms. The van der Waals surface area contributed by atoms with Crippen LogP contribution in [0.1, 0.15) is 72.1 Å². The van der Waals surface area contributed by atoms with Gasteiger partial charge in [0.1, 0.15) is 5.75 Å². The quantitative estimate of drug-likeness (QED) is 0.486. The Hall–Kier alpha value is -1.52. The Morgan fingerprint density at radius 2 is 2.03 bits per heavy atom. The summed E-state index contributed by atoms with van der Waals surface area (Å²) in [6.45, 7) is 8.00. The number of fused-ring (bicyclic) bond motifs is 1. The van der Waals surface area contributed by atoms with E-state index >= 15 is 0 Å². The highest BCUT2D eigenvalue weighted by Gasteiger charge is 2.40. The van der Waals surface area contributed by atoms with Crippen LogP contribution in [0.3, 0.4) is 0 Å². The number of unbranched alkanes of at least 4 members (excludes halogenated alkanes) is 1. The van der Waals surface area contributed by atoms with Gasteiger partial charge in [-0.05, 0) is 80.5 Å². The first-order chi connectivity index (χ1) is 14.0. The van der Waals surface area contributed by atoms with Gasteiger partial charge in [0.05, 0.1) is 11.1 Å². The lowest BCUT2D eigenvalue weighted by molar-refractivity contribution is 0.0462. The van der Waals surface area contributed by atoms with Crippen LogP contribution in [0.15, 0.2) is 29.2 Å². The van der Waals surface area contributed by atoms with Crippen molar-refractivity contribution in [3.05, 3.63) is 39.8 Å². The highest BCUT2D eigenvalue weighted by molar-refractivity contribution is 6.32. The molecule has 4 nitrogen and oxygen atoms in total. The number of rotatable bonds is 9. The molecule has 1 aromatic heterocycles. The molecule has 1 saturated carbocycles. The largest absolute Gasteiger partial charge is 0.489 e. The molecule has 1 atom stereocenters. The first-order valence-corrected chi connectivity index (χ1v) is 11.6. The molecule has 0 radical (unpaired) electrons. The molecule has 2 N–H and O–H groups in total. The summed E-state index contributed by atoms with van der Waals surface area (Å²) in [5.41, 5.74) is 0.241. The van der Waals surface area contributed by atoms with Crippen LogP contribution in [-0.2, 0) is 0 Å². The monoisotopic (exact) mass is 418 g/mol. The first kappa shape index (κ1) is 22.2. The normalized spacial score (nSPS) is 23.2. The van der Waals surface area contributed by atoms with Crippen LogP contribution in [0, 0.1) is 5.41 Å². The van der Waals surface area contributed by atoms with Gasteiger partial charge in [0.25, 0.3) is 5.56 Å². The van der Waals surface area contributed by atoms with Crippen LogP contribution in [0.4, 0.5) is 0 Å². The fraction of sp³-hybridized carbons (Fsp3) is 0.625. The van der Waals surface area contributed by atoms with E-state index in [1.54, 1.807) is 12.3 Å². The third-order valence-electron chi connectivity index (χ3n) is 6.82. The minimum atomic E-state index is -0.123. The smallest absolute Gasteiger partial charge is 0.255 e.